The number of unbranched alkanes of at least 4 members (excludes halogenated alkanes) is 25. The van der Waals surface area contributed by atoms with E-state index < -0.39 is 6.10 Å². The summed E-state index contributed by atoms with van der Waals surface area (Å²) in [5.41, 5.74) is 0. The second-order valence-electron chi connectivity index (χ2n) is 21.3. The summed E-state index contributed by atoms with van der Waals surface area (Å²) in [6.45, 7) is 6.38. The van der Waals surface area contributed by atoms with Crippen molar-refractivity contribution in [2.75, 3.05) is 13.2 Å². The molecule has 6 nitrogen and oxygen atoms in total. The molecule has 1 unspecified atom stereocenters. The summed E-state index contributed by atoms with van der Waals surface area (Å²) in [5, 5.41) is 0. The molecular formula is C73H120O6. The van der Waals surface area contributed by atoms with E-state index in [1.807, 2.05) is 0 Å². The fraction of sp³-hybridized carbons (Fsp3) is 0.658. The Labute approximate surface area is 487 Å². The van der Waals surface area contributed by atoms with Gasteiger partial charge in [0.25, 0.3) is 0 Å². The number of hydrogen-bond acceptors (Lipinski definition) is 6. The van der Waals surface area contributed by atoms with Crippen molar-refractivity contribution in [2.24, 2.45) is 0 Å². The van der Waals surface area contributed by atoms with E-state index in [1.165, 1.54) is 103 Å². The first-order valence-corrected chi connectivity index (χ1v) is 32.7. The van der Waals surface area contributed by atoms with E-state index in [-0.39, 0.29) is 31.1 Å². The van der Waals surface area contributed by atoms with Gasteiger partial charge in [0.05, 0.1) is 0 Å². The van der Waals surface area contributed by atoms with Crippen LogP contribution in [0, 0.1) is 0 Å². The lowest BCUT2D eigenvalue weighted by Crippen LogP contribution is -2.30. The summed E-state index contributed by atoms with van der Waals surface area (Å²) >= 11 is 0. The molecule has 0 saturated carbocycles. The number of carbonyl (C=O) groups is 3. The Kier molecular flexibility index (Phi) is 62.3. The maximum absolute atomic E-state index is 12.9. The smallest absolute Gasteiger partial charge is 0.306 e. The molecule has 0 amide bonds. The zero-order valence-corrected chi connectivity index (χ0v) is 51.3. The Morgan fingerprint density at radius 1 is 0.266 bits per heavy atom. The van der Waals surface area contributed by atoms with E-state index in [4.69, 9.17) is 14.2 Å². The molecule has 0 aromatic heterocycles. The van der Waals surface area contributed by atoms with E-state index in [9.17, 15) is 14.4 Å². The summed E-state index contributed by atoms with van der Waals surface area (Å²) < 4.78 is 16.9. The van der Waals surface area contributed by atoms with E-state index in [2.05, 4.69) is 154 Å². The van der Waals surface area contributed by atoms with Gasteiger partial charge in [-0.05, 0) is 135 Å². The molecule has 0 saturated heterocycles. The molecule has 0 radical (unpaired) electrons. The zero-order chi connectivity index (χ0) is 57.1. The SMILES string of the molecule is CC/C=C\C/C=C\C/C=C\C/C=C\C/C=C\CCCCCCCC(=O)OC(COC(=O)CCCCCCCCC/C=C\C/C=C\CCCCC)COC(=O)CCCCCCCCCCCC/C=C\C/C=C\C/C=C\C/C=C\CC. The van der Waals surface area contributed by atoms with Gasteiger partial charge in [-0.3, -0.25) is 14.4 Å². The van der Waals surface area contributed by atoms with Crippen molar-refractivity contribution in [3.05, 3.63) is 134 Å². The maximum Gasteiger partial charge on any atom is 0.306 e. The Morgan fingerprint density at radius 3 is 0.772 bits per heavy atom. The average Bonchev–Trinajstić information content (AvgIpc) is 3.45. The van der Waals surface area contributed by atoms with Crippen LogP contribution in [-0.4, -0.2) is 37.2 Å². The first-order chi connectivity index (χ1) is 39.0. The molecule has 0 aliphatic rings. The zero-order valence-electron chi connectivity index (χ0n) is 51.3. The summed E-state index contributed by atoms with van der Waals surface area (Å²) in [6.07, 6.45) is 93.0. The summed E-state index contributed by atoms with van der Waals surface area (Å²) in [7, 11) is 0. The van der Waals surface area contributed by atoms with Gasteiger partial charge in [0.1, 0.15) is 13.2 Å². The largest absolute Gasteiger partial charge is 0.462 e. The van der Waals surface area contributed by atoms with Crippen molar-refractivity contribution in [2.45, 2.75) is 297 Å². The number of allylic oxidation sites excluding steroid dienone is 22. The predicted octanol–water partition coefficient (Wildman–Crippen LogP) is 22.5. The molecule has 0 N–H and O–H groups in total. The molecule has 79 heavy (non-hydrogen) atoms. The number of hydrogen-bond donors (Lipinski definition) is 0. The van der Waals surface area contributed by atoms with E-state index in [0.717, 1.165) is 148 Å². The molecule has 0 heterocycles. The summed E-state index contributed by atoms with van der Waals surface area (Å²) in [6, 6.07) is 0. The molecule has 0 aromatic carbocycles. The maximum atomic E-state index is 12.9. The average molecular weight is 1090 g/mol. The minimum absolute atomic E-state index is 0.0942. The highest BCUT2D eigenvalue weighted by Gasteiger charge is 2.19. The van der Waals surface area contributed by atoms with Gasteiger partial charge in [-0.25, -0.2) is 0 Å². The third-order valence-corrected chi connectivity index (χ3v) is 13.6. The second kappa shape index (κ2) is 66.1. The van der Waals surface area contributed by atoms with Crippen LogP contribution in [0.1, 0.15) is 290 Å². The van der Waals surface area contributed by atoms with Crippen molar-refractivity contribution in [3.63, 3.8) is 0 Å². The molecule has 0 aromatic rings. The van der Waals surface area contributed by atoms with Crippen molar-refractivity contribution >= 4 is 17.9 Å². The van der Waals surface area contributed by atoms with Gasteiger partial charge < -0.3 is 14.2 Å². The molecule has 0 aliphatic heterocycles. The number of carbonyl (C=O) groups excluding carboxylic acids is 3. The van der Waals surface area contributed by atoms with Crippen LogP contribution in [0.25, 0.3) is 0 Å². The van der Waals surface area contributed by atoms with Gasteiger partial charge in [0.2, 0.25) is 0 Å². The van der Waals surface area contributed by atoms with Gasteiger partial charge >= 0.3 is 17.9 Å². The van der Waals surface area contributed by atoms with E-state index in [0.29, 0.717) is 19.3 Å². The molecule has 0 bridgehead atoms. The van der Waals surface area contributed by atoms with Crippen LogP contribution in [0.4, 0.5) is 0 Å². The second-order valence-corrected chi connectivity index (χ2v) is 21.3. The Balaban J connectivity index is 4.45. The lowest BCUT2D eigenvalue weighted by Gasteiger charge is -2.18. The van der Waals surface area contributed by atoms with Gasteiger partial charge in [0.15, 0.2) is 6.10 Å². The molecule has 1 atom stereocenters. The van der Waals surface area contributed by atoms with Crippen LogP contribution in [0.3, 0.4) is 0 Å². The molecule has 0 fully saturated rings. The van der Waals surface area contributed by atoms with E-state index >= 15 is 0 Å². The molecule has 0 aliphatic carbocycles. The first kappa shape index (κ1) is 74.5. The lowest BCUT2D eigenvalue weighted by atomic mass is 10.1. The molecular weight excluding hydrogens is 973 g/mol. The van der Waals surface area contributed by atoms with Crippen LogP contribution in [-0.2, 0) is 28.6 Å². The third-order valence-electron chi connectivity index (χ3n) is 13.6. The summed E-state index contributed by atoms with van der Waals surface area (Å²) in [4.78, 5) is 38.4. The highest BCUT2D eigenvalue weighted by Crippen LogP contribution is 2.15. The topological polar surface area (TPSA) is 78.9 Å². The minimum Gasteiger partial charge on any atom is -0.462 e. The monoisotopic (exact) mass is 1090 g/mol. The van der Waals surface area contributed by atoms with Gasteiger partial charge in [0, 0.05) is 19.3 Å². The Bertz CT molecular complexity index is 1680. The molecule has 6 heteroatoms. The van der Waals surface area contributed by atoms with Crippen LogP contribution in [0.5, 0.6) is 0 Å². The Morgan fingerprint density at radius 2 is 0.494 bits per heavy atom. The van der Waals surface area contributed by atoms with Crippen LogP contribution >= 0.6 is 0 Å². The van der Waals surface area contributed by atoms with Crippen LogP contribution in [0.15, 0.2) is 134 Å². The van der Waals surface area contributed by atoms with Crippen LogP contribution in [0.2, 0.25) is 0 Å². The third kappa shape index (κ3) is 64.3. The van der Waals surface area contributed by atoms with Crippen LogP contribution < -0.4 is 0 Å². The van der Waals surface area contributed by atoms with Gasteiger partial charge in [-0.2, -0.15) is 0 Å². The standard InChI is InChI=1S/C73H120O6/c1-4-7-10-13-16-19-22-25-28-31-33-35-36-38-39-42-45-48-51-54-57-60-63-66-72(75)78-69-70(68-77-71(74)65-62-59-56-53-50-47-44-41-30-27-24-21-18-15-12-9-6-3)79-73(76)67-64-61-58-55-52-49-46-43-40-37-34-32-29-26-23-20-17-14-11-8-5-2/h7-8,10-11,16-21,25-30,33-35,37,43,46,70H,4-6,9,12-15,22-24,31-32,36,38-42,44-45,47-69H2,1-3H3/b10-7-,11-8-,19-16-,20-17-,21-18-,28-25-,29-26-,30-27-,35-33-,37-34-,46-43-. The normalized spacial score (nSPS) is 13.0. The lowest BCUT2D eigenvalue weighted by molar-refractivity contribution is -0.167. The summed E-state index contributed by atoms with van der Waals surface area (Å²) in [5.74, 6) is -0.920. The number of ether oxygens (including phenoxy) is 3. The number of esters is 3. The highest BCUT2D eigenvalue weighted by molar-refractivity contribution is 5.71. The molecule has 0 spiro atoms. The minimum atomic E-state index is -0.800. The van der Waals surface area contributed by atoms with Crippen molar-refractivity contribution in [3.8, 4) is 0 Å². The van der Waals surface area contributed by atoms with Crippen molar-refractivity contribution in [1.82, 2.24) is 0 Å². The van der Waals surface area contributed by atoms with Crippen molar-refractivity contribution in [1.29, 1.82) is 0 Å². The van der Waals surface area contributed by atoms with Gasteiger partial charge in [-0.1, -0.05) is 270 Å². The fourth-order valence-corrected chi connectivity index (χ4v) is 8.79. The molecule has 448 valence electrons. The predicted molar refractivity (Wildman–Crippen MR) is 343 cm³/mol. The molecule has 0 rings (SSSR count). The fourth-order valence-electron chi connectivity index (χ4n) is 8.79. The van der Waals surface area contributed by atoms with Gasteiger partial charge in [-0.15, -0.1) is 0 Å². The Hall–Kier alpha value is -4.45. The van der Waals surface area contributed by atoms with E-state index in [1.54, 1.807) is 0 Å². The first-order valence-electron chi connectivity index (χ1n) is 32.7. The number of rotatable bonds is 58. The van der Waals surface area contributed by atoms with Crippen molar-refractivity contribution < 1.29 is 28.6 Å². The highest BCUT2D eigenvalue weighted by atomic mass is 16.6. The quantitative estimate of drug-likeness (QED) is 0.0261.